The monoisotopic (exact) mass is 553 g/mol. The first-order valence-corrected chi connectivity index (χ1v) is 13.0. The normalized spacial score (nSPS) is 13.2. The molecule has 37 heavy (non-hydrogen) atoms. The Morgan fingerprint density at radius 2 is 1.73 bits per heavy atom. The fourth-order valence-electron chi connectivity index (χ4n) is 3.78. The van der Waals surface area contributed by atoms with Gasteiger partial charge in [-0.3, -0.25) is 15.0 Å². The molecule has 1 aliphatic heterocycles. The van der Waals surface area contributed by atoms with Crippen LogP contribution in [0.3, 0.4) is 0 Å². The number of rotatable bonds is 5. The Labute approximate surface area is 222 Å². The van der Waals surface area contributed by atoms with Crippen molar-refractivity contribution in [3.05, 3.63) is 94.5 Å². The Morgan fingerprint density at radius 3 is 2.46 bits per heavy atom. The van der Waals surface area contributed by atoms with Gasteiger partial charge in [0.25, 0.3) is 11.8 Å². The molecule has 1 aliphatic rings. The van der Waals surface area contributed by atoms with Crippen LogP contribution in [-0.2, 0) is 16.4 Å². The molecule has 188 valence electrons. The van der Waals surface area contributed by atoms with Crippen molar-refractivity contribution >= 4 is 56.9 Å². The summed E-state index contributed by atoms with van der Waals surface area (Å²) in [6, 6.07) is 17.2. The highest BCUT2D eigenvalue weighted by molar-refractivity contribution is 7.91. The molecule has 0 bridgehead atoms. The standard InChI is InChI=1S/C25H19N5O4S2.ClH/c26-22(27)14-5-7-15(8-6-14)25-29-13-17(35-25)12-28-23(31)16-9-10-21-19(11-16)30-24(32)18-3-1-2-4-20(18)36(21,33)34;/h1-11,13H,12H2,(H3,26,27)(H,28,31)(H,30,32);1H. The fraction of sp³-hybridized carbons (Fsp3) is 0.0400. The van der Waals surface area contributed by atoms with E-state index >= 15 is 0 Å². The summed E-state index contributed by atoms with van der Waals surface area (Å²) in [5, 5.41) is 13.6. The molecule has 12 heteroatoms. The van der Waals surface area contributed by atoms with Crippen molar-refractivity contribution in [2.75, 3.05) is 5.32 Å². The van der Waals surface area contributed by atoms with Crippen LogP contribution in [0.15, 0.2) is 82.7 Å². The van der Waals surface area contributed by atoms with Gasteiger partial charge in [0.1, 0.15) is 10.8 Å². The Balaban J connectivity index is 0.00000320. The molecule has 1 aromatic heterocycles. The number of fused-ring (bicyclic) bond motifs is 2. The first-order valence-electron chi connectivity index (χ1n) is 10.7. The van der Waals surface area contributed by atoms with Gasteiger partial charge in [0, 0.05) is 27.8 Å². The van der Waals surface area contributed by atoms with E-state index in [4.69, 9.17) is 11.1 Å². The van der Waals surface area contributed by atoms with E-state index in [1.165, 1.54) is 41.7 Å². The second-order valence-corrected chi connectivity index (χ2v) is 11.0. The minimum Gasteiger partial charge on any atom is -0.384 e. The summed E-state index contributed by atoms with van der Waals surface area (Å²) in [6.45, 7) is 0.217. The summed E-state index contributed by atoms with van der Waals surface area (Å²) < 4.78 is 26.2. The zero-order valence-electron chi connectivity index (χ0n) is 19.0. The molecule has 2 heterocycles. The highest BCUT2D eigenvalue weighted by Crippen LogP contribution is 2.34. The number of nitrogens with two attached hydrogens (primary N) is 1. The molecule has 3 aromatic carbocycles. The maximum absolute atomic E-state index is 13.1. The molecule has 0 unspecified atom stereocenters. The van der Waals surface area contributed by atoms with E-state index in [-0.39, 0.29) is 51.4 Å². The van der Waals surface area contributed by atoms with Gasteiger partial charge in [-0.05, 0) is 30.3 Å². The predicted octanol–water partition coefficient (Wildman–Crippen LogP) is 3.84. The minimum atomic E-state index is -3.94. The highest BCUT2D eigenvalue weighted by atomic mass is 35.5. The van der Waals surface area contributed by atoms with Crippen LogP contribution in [0.4, 0.5) is 5.69 Å². The van der Waals surface area contributed by atoms with Crippen LogP contribution in [0.5, 0.6) is 0 Å². The third-order valence-electron chi connectivity index (χ3n) is 5.62. The van der Waals surface area contributed by atoms with Gasteiger partial charge in [0.2, 0.25) is 9.84 Å². The number of thiazole rings is 1. The number of anilines is 1. The van der Waals surface area contributed by atoms with E-state index < -0.39 is 21.7 Å². The number of carbonyl (C=O) groups is 2. The predicted molar refractivity (Wildman–Crippen MR) is 143 cm³/mol. The van der Waals surface area contributed by atoms with Crippen LogP contribution >= 0.6 is 23.7 Å². The van der Waals surface area contributed by atoms with E-state index in [1.807, 2.05) is 12.1 Å². The van der Waals surface area contributed by atoms with Crippen molar-refractivity contribution < 1.29 is 18.0 Å². The lowest BCUT2D eigenvalue weighted by atomic mass is 10.1. The number of hydrogen-bond acceptors (Lipinski definition) is 7. The lowest BCUT2D eigenvalue weighted by Crippen LogP contribution is -2.22. The molecule has 0 aliphatic carbocycles. The van der Waals surface area contributed by atoms with Crippen LogP contribution < -0.4 is 16.4 Å². The van der Waals surface area contributed by atoms with Crippen molar-refractivity contribution in [2.45, 2.75) is 16.3 Å². The molecule has 0 saturated carbocycles. The quantitative estimate of drug-likeness (QED) is 0.217. The van der Waals surface area contributed by atoms with E-state index in [9.17, 15) is 18.0 Å². The summed E-state index contributed by atoms with van der Waals surface area (Å²) in [7, 11) is -3.94. The smallest absolute Gasteiger partial charge is 0.257 e. The first kappa shape index (κ1) is 26.0. The van der Waals surface area contributed by atoms with E-state index in [1.54, 1.807) is 30.5 Å². The number of halogens is 1. The van der Waals surface area contributed by atoms with Crippen LogP contribution in [0.1, 0.15) is 31.2 Å². The number of carbonyl (C=O) groups excluding carboxylic acids is 2. The van der Waals surface area contributed by atoms with Crippen LogP contribution in [0.2, 0.25) is 0 Å². The maximum Gasteiger partial charge on any atom is 0.257 e. The molecule has 5 rings (SSSR count). The molecule has 0 fully saturated rings. The van der Waals surface area contributed by atoms with E-state index in [2.05, 4.69) is 15.6 Å². The van der Waals surface area contributed by atoms with Gasteiger partial charge >= 0.3 is 0 Å². The number of nitrogen functional groups attached to an aromatic ring is 1. The molecule has 2 amide bonds. The van der Waals surface area contributed by atoms with E-state index in [0.29, 0.717) is 5.56 Å². The topological polar surface area (TPSA) is 155 Å². The Hall–Kier alpha value is -4.06. The maximum atomic E-state index is 13.1. The molecule has 9 nitrogen and oxygen atoms in total. The number of aromatic nitrogens is 1. The molecule has 4 aromatic rings. The van der Waals surface area contributed by atoms with Gasteiger partial charge in [-0.1, -0.05) is 36.4 Å². The zero-order chi connectivity index (χ0) is 25.4. The van der Waals surface area contributed by atoms with Gasteiger partial charge in [-0.2, -0.15) is 0 Å². The van der Waals surface area contributed by atoms with Crippen molar-refractivity contribution in [1.29, 1.82) is 5.41 Å². The lowest BCUT2D eigenvalue weighted by Gasteiger charge is -2.10. The lowest BCUT2D eigenvalue weighted by molar-refractivity contribution is 0.0949. The number of amidine groups is 1. The van der Waals surface area contributed by atoms with Crippen molar-refractivity contribution in [3.8, 4) is 10.6 Å². The SMILES string of the molecule is Cl.N=C(N)c1ccc(-c2ncc(CNC(=O)c3ccc4c(c3)NC(=O)c3ccccc3S4(=O)=O)s2)cc1. The number of benzene rings is 3. The fourth-order valence-corrected chi connectivity index (χ4v) is 6.23. The number of sulfone groups is 1. The molecule has 5 N–H and O–H groups in total. The molecule has 0 atom stereocenters. The van der Waals surface area contributed by atoms with Gasteiger partial charge < -0.3 is 16.4 Å². The van der Waals surface area contributed by atoms with E-state index in [0.717, 1.165) is 15.4 Å². The average molecular weight is 554 g/mol. The minimum absolute atomic E-state index is 0. The summed E-state index contributed by atoms with van der Waals surface area (Å²) in [5.74, 6) is -0.991. The van der Waals surface area contributed by atoms with Gasteiger partial charge in [0.15, 0.2) is 0 Å². The molecular weight excluding hydrogens is 534 g/mol. The Kier molecular flexibility index (Phi) is 7.12. The number of nitrogens with one attached hydrogen (secondary N) is 3. The van der Waals surface area contributed by atoms with Crippen molar-refractivity contribution in [2.24, 2.45) is 5.73 Å². The largest absolute Gasteiger partial charge is 0.384 e. The first-order chi connectivity index (χ1) is 17.2. The van der Waals surface area contributed by atoms with Crippen LogP contribution in [-0.4, -0.2) is 31.1 Å². The zero-order valence-corrected chi connectivity index (χ0v) is 21.5. The molecule has 0 radical (unpaired) electrons. The third-order valence-corrected chi connectivity index (χ3v) is 8.54. The Morgan fingerprint density at radius 1 is 1.03 bits per heavy atom. The third kappa shape index (κ3) is 4.96. The van der Waals surface area contributed by atoms with Crippen LogP contribution in [0.25, 0.3) is 10.6 Å². The van der Waals surface area contributed by atoms with Gasteiger partial charge in [-0.25, -0.2) is 13.4 Å². The highest BCUT2D eigenvalue weighted by Gasteiger charge is 2.31. The van der Waals surface area contributed by atoms with Crippen molar-refractivity contribution in [1.82, 2.24) is 10.3 Å². The second-order valence-electron chi connectivity index (χ2n) is 7.97. The number of nitrogens with zero attached hydrogens (tertiary/aromatic N) is 1. The van der Waals surface area contributed by atoms with Gasteiger partial charge in [0.05, 0.1) is 27.6 Å². The summed E-state index contributed by atoms with van der Waals surface area (Å²) >= 11 is 1.41. The molecule has 0 spiro atoms. The second kappa shape index (κ2) is 10.1. The number of amides is 2. The molecule has 0 saturated heterocycles. The number of hydrogen-bond donors (Lipinski definition) is 4. The van der Waals surface area contributed by atoms with Crippen molar-refractivity contribution in [3.63, 3.8) is 0 Å². The van der Waals surface area contributed by atoms with Crippen LogP contribution in [0, 0.1) is 5.41 Å². The molecular formula is C25H20ClN5O4S2. The summed E-state index contributed by atoms with van der Waals surface area (Å²) in [4.78, 5) is 30.5. The van der Waals surface area contributed by atoms with Gasteiger partial charge in [-0.15, -0.1) is 23.7 Å². The Bertz CT molecular complexity index is 1650. The summed E-state index contributed by atoms with van der Waals surface area (Å²) in [6.07, 6.45) is 1.67. The average Bonchev–Trinajstić information content (AvgIpc) is 3.33. The summed E-state index contributed by atoms with van der Waals surface area (Å²) in [5.41, 5.74) is 7.29.